The monoisotopic (exact) mass is 732 g/mol. The lowest BCUT2D eigenvalue weighted by Gasteiger charge is -2.15. The van der Waals surface area contributed by atoms with Gasteiger partial charge in [0.25, 0.3) is 0 Å². The molecule has 0 amide bonds. The molecule has 0 saturated carbocycles. The maximum atomic E-state index is 12.2. The van der Waals surface area contributed by atoms with Crippen LogP contribution in [0.4, 0.5) is 0 Å². The second-order valence-electron chi connectivity index (χ2n) is 13.0. The molecule has 5 heteroatoms. The molecule has 0 aliphatic rings. The van der Waals surface area contributed by atoms with Gasteiger partial charge in [-0.3, -0.25) is 9.59 Å². The summed E-state index contributed by atoms with van der Waals surface area (Å²) >= 11 is 2.20. The molecule has 0 aliphatic carbocycles. The first-order chi connectivity index (χ1) is 21.6. The van der Waals surface area contributed by atoms with Crippen LogP contribution in [0.1, 0.15) is 206 Å². The molecule has 0 heterocycles. The van der Waals surface area contributed by atoms with Crippen LogP contribution in [0.25, 0.3) is 0 Å². The highest BCUT2D eigenvalue weighted by atomic mass is 127. The molecule has 0 aromatic heterocycles. The maximum Gasteiger partial charge on any atom is 0.306 e. The molecule has 260 valence electrons. The Morgan fingerprint density at radius 1 is 0.500 bits per heavy atom. The van der Waals surface area contributed by atoms with Crippen LogP contribution in [0.3, 0.4) is 0 Å². The van der Waals surface area contributed by atoms with Gasteiger partial charge in [0.05, 0.1) is 0 Å². The number of carbonyl (C=O) groups is 2. The van der Waals surface area contributed by atoms with Crippen molar-refractivity contribution in [2.24, 2.45) is 0 Å². The molecule has 0 saturated heterocycles. The lowest BCUT2D eigenvalue weighted by molar-refractivity contribution is -0.157. The first kappa shape index (κ1) is 43.4. The van der Waals surface area contributed by atoms with Crippen LogP contribution in [-0.4, -0.2) is 29.1 Å². The number of halogens is 1. The van der Waals surface area contributed by atoms with Gasteiger partial charge in [0, 0.05) is 17.3 Å². The third kappa shape index (κ3) is 34.3. The molecule has 0 rings (SSSR count). The number of hydrogen-bond donors (Lipinski definition) is 0. The Balaban J connectivity index is 3.53. The molecule has 44 heavy (non-hydrogen) atoms. The molecule has 0 aromatic rings. The van der Waals surface area contributed by atoms with E-state index in [1.807, 2.05) is 0 Å². The Hall–Kier alpha value is -0.590. The summed E-state index contributed by atoms with van der Waals surface area (Å²) in [5.41, 5.74) is 0. The molecule has 0 N–H and O–H groups in total. The largest absolute Gasteiger partial charge is 0.462 e. The second kappa shape index (κ2) is 36.9. The SMILES string of the molecule is CCCCCCCC/C=C\CCCCCCCC(=O)OC[C@@H](CI)OC(=O)CCCCCCCCCCCCCCCCC. The average Bonchev–Trinajstić information content (AvgIpc) is 3.02. The Morgan fingerprint density at radius 3 is 1.23 bits per heavy atom. The summed E-state index contributed by atoms with van der Waals surface area (Å²) < 4.78 is 11.6. The molecule has 4 nitrogen and oxygen atoms in total. The van der Waals surface area contributed by atoms with Gasteiger partial charge in [-0.2, -0.15) is 0 Å². The van der Waals surface area contributed by atoms with E-state index in [2.05, 4.69) is 48.6 Å². The third-order valence-corrected chi connectivity index (χ3v) is 9.51. The molecule has 0 aromatic carbocycles. The van der Waals surface area contributed by atoms with Gasteiger partial charge in [0.15, 0.2) is 0 Å². The van der Waals surface area contributed by atoms with E-state index in [0.717, 1.165) is 25.7 Å². The van der Waals surface area contributed by atoms with Crippen molar-refractivity contribution < 1.29 is 19.1 Å². The highest BCUT2D eigenvalue weighted by molar-refractivity contribution is 14.1. The first-order valence-corrected chi connectivity index (χ1v) is 20.7. The third-order valence-electron chi connectivity index (χ3n) is 8.53. The topological polar surface area (TPSA) is 52.6 Å². The Labute approximate surface area is 288 Å². The van der Waals surface area contributed by atoms with Gasteiger partial charge < -0.3 is 9.47 Å². The summed E-state index contributed by atoms with van der Waals surface area (Å²) in [5.74, 6) is -0.328. The maximum absolute atomic E-state index is 12.2. The van der Waals surface area contributed by atoms with E-state index in [4.69, 9.17) is 9.47 Å². The smallest absolute Gasteiger partial charge is 0.306 e. The van der Waals surface area contributed by atoms with E-state index in [9.17, 15) is 9.59 Å². The molecule has 0 fully saturated rings. The summed E-state index contributed by atoms with van der Waals surface area (Å²) in [4.78, 5) is 24.4. The van der Waals surface area contributed by atoms with E-state index >= 15 is 0 Å². The number of unbranched alkanes of at least 4 members (excludes halogenated alkanes) is 25. The van der Waals surface area contributed by atoms with Gasteiger partial charge in [-0.05, 0) is 38.5 Å². The minimum atomic E-state index is -0.336. The van der Waals surface area contributed by atoms with Crippen LogP contribution in [-0.2, 0) is 19.1 Å². The van der Waals surface area contributed by atoms with Crippen molar-refractivity contribution in [1.29, 1.82) is 0 Å². The summed E-state index contributed by atoms with van der Waals surface area (Å²) in [7, 11) is 0. The van der Waals surface area contributed by atoms with Gasteiger partial charge in [-0.25, -0.2) is 0 Å². The van der Waals surface area contributed by atoms with Crippen molar-refractivity contribution in [3.63, 3.8) is 0 Å². The zero-order valence-electron chi connectivity index (χ0n) is 29.4. The number of esters is 2. The average molecular weight is 733 g/mol. The fourth-order valence-corrected chi connectivity index (χ4v) is 6.03. The fourth-order valence-electron chi connectivity index (χ4n) is 5.59. The normalized spacial score (nSPS) is 12.2. The van der Waals surface area contributed by atoms with Crippen molar-refractivity contribution in [3.8, 4) is 0 Å². The predicted octanol–water partition coefficient (Wildman–Crippen LogP) is 13.2. The predicted molar refractivity (Wildman–Crippen MR) is 199 cm³/mol. The van der Waals surface area contributed by atoms with Gasteiger partial charge in [-0.1, -0.05) is 190 Å². The summed E-state index contributed by atoms with van der Waals surface area (Å²) in [5, 5.41) is 0. The number of rotatable bonds is 35. The molecule has 0 radical (unpaired) electrons. The van der Waals surface area contributed by atoms with Crippen molar-refractivity contribution in [3.05, 3.63) is 12.2 Å². The highest BCUT2D eigenvalue weighted by Gasteiger charge is 2.15. The standard InChI is InChI=1S/C39H73IO4/c1-3-5-7-9-11-13-15-17-19-21-23-25-27-29-31-33-38(41)43-36-37(35-40)44-39(42)34-32-30-28-26-24-22-20-18-16-14-12-10-8-6-4-2/h17,19,37H,3-16,18,20-36H2,1-2H3/b19-17-/t37-/m1/s1. The lowest BCUT2D eigenvalue weighted by atomic mass is 10.0. The van der Waals surface area contributed by atoms with Crippen molar-refractivity contribution in [1.82, 2.24) is 0 Å². The quantitative estimate of drug-likeness (QED) is 0.0214. The molecule has 0 bridgehead atoms. The molecular weight excluding hydrogens is 659 g/mol. The second-order valence-corrected chi connectivity index (χ2v) is 13.9. The van der Waals surface area contributed by atoms with Crippen molar-refractivity contribution in [2.45, 2.75) is 213 Å². The van der Waals surface area contributed by atoms with Gasteiger partial charge in [0.1, 0.15) is 12.7 Å². The van der Waals surface area contributed by atoms with E-state index in [1.165, 1.54) is 154 Å². The highest BCUT2D eigenvalue weighted by Crippen LogP contribution is 2.15. The molecule has 0 spiro atoms. The number of allylic oxidation sites excluding steroid dienone is 2. The van der Waals surface area contributed by atoms with Gasteiger partial charge in [0.2, 0.25) is 0 Å². The number of alkyl halides is 1. The van der Waals surface area contributed by atoms with Gasteiger partial charge >= 0.3 is 11.9 Å². The minimum absolute atomic E-state index is 0.158. The van der Waals surface area contributed by atoms with Crippen LogP contribution >= 0.6 is 22.6 Å². The number of carbonyl (C=O) groups excluding carboxylic acids is 2. The van der Waals surface area contributed by atoms with E-state index in [1.54, 1.807) is 0 Å². The van der Waals surface area contributed by atoms with Crippen LogP contribution in [0.5, 0.6) is 0 Å². The number of hydrogen-bond acceptors (Lipinski definition) is 4. The van der Waals surface area contributed by atoms with Gasteiger partial charge in [-0.15, -0.1) is 0 Å². The molecule has 0 aliphatic heterocycles. The van der Waals surface area contributed by atoms with E-state index in [0.29, 0.717) is 17.3 Å². The molecule has 0 unspecified atom stereocenters. The first-order valence-electron chi connectivity index (χ1n) is 19.2. The van der Waals surface area contributed by atoms with E-state index in [-0.39, 0.29) is 24.6 Å². The van der Waals surface area contributed by atoms with Crippen LogP contribution in [0, 0.1) is 0 Å². The Bertz CT molecular complexity index is 636. The van der Waals surface area contributed by atoms with Crippen molar-refractivity contribution >= 4 is 34.5 Å². The summed E-state index contributed by atoms with van der Waals surface area (Å²) in [6.07, 6.45) is 41.2. The Morgan fingerprint density at radius 2 is 0.841 bits per heavy atom. The Kier molecular flexibility index (Phi) is 36.4. The molecular formula is C39H73IO4. The lowest BCUT2D eigenvalue weighted by Crippen LogP contribution is -2.26. The zero-order valence-corrected chi connectivity index (χ0v) is 31.5. The number of ether oxygens (including phenoxy) is 2. The van der Waals surface area contributed by atoms with Crippen molar-refractivity contribution in [2.75, 3.05) is 11.0 Å². The van der Waals surface area contributed by atoms with Crippen LogP contribution in [0.2, 0.25) is 0 Å². The van der Waals surface area contributed by atoms with Crippen LogP contribution < -0.4 is 0 Å². The summed E-state index contributed by atoms with van der Waals surface area (Å²) in [6, 6.07) is 0. The van der Waals surface area contributed by atoms with E-state index < -0.39 is 0 Å². The summed E-state index contributed by atoms with van der Waals surface area (Å²) in [6.45, 7) is 4.72. The molecule has 1 atom stereocenters. The zero-order chi connectivity index (χ0) is 32.2. The van der Waals surface area contributed by atoms with Crippen LogP contribution in [0.15, 0.2) is 12.2 Å². The fraction of sp³-hybridized carbons (Fsp3) is 0.897. The minimum Gasteiger partial charge on any atom is -0.462 e.